The predicted molar refractivity (Wildman–Crippen MR) is 95.8 cm³/mol. The van der Waals surface area contributed by atoms with Crippen molar-refractivity contribution in [3.8, 4) is 11.5 Å². The number of nitrogens with one attached hydrogen (secondary N) is 4. The molecular weight excluding hydrogens is 324 g/mol. The molecule has 3 rings (SSSR count). The minimum absolute atomic E-state index is 0.290. The summed E-state index contributed by atoms with van der Waals surface area (Å²) in [4.78, 5) is 29.0. The molecule has 25 heavy (non-hydrogen) atoms. The van der Waals surface area contributed by atoms with Gasteiger partial charge in [0.05, 0.1) is 25.3 Å². The molecule has 2 aromatic carbocycles. The number of hydrogen-bond donors (Lipinski definition) is 4. The van der Waals surface area contributed by atoms with Crippen molar-refractivity contribution >= 4 is 28.4 Å². The first-order valence-electron chi connectivity index (χ1n) is 7.53. The molecule has 0 aliphatic heterocycles. The zero-order valence-electron chi connectivity index (χ0n) is 14.0. The second-order valence-electron chi connectivity index (χ2n) is 5.44. The molecule has 4 N–H and O–H groups in total. The number of hydrogen-bond acceptors (Lipinski definition) is 4. The van der Waals surface area contributed by atoms with E-state index in [1.54, 1.807) is 37.4 Å². The molecule has 3 aromatic rings. The van der Waals surface area contributed by atoms with Crippen LogP contribution in [-0.4, -0.2) is 30.2 Å². The number of rotatable bonds is 4. The van der Waals surface area contributed by atoms with Crippen LogP contribution in [0.2, 0.25) is 0 Å². The lowest BCUT2D eigenvalue weighted by molar-refractivity contribution is 0.262. The number of aryl methyl sites for hydroxylation is 1. The molecule has 8 nitrogen and oxygen atoms in total. The molecule has 1 aromatic heterocycles. The lowest BCUT2D eigenvalue weighted by atomic mass is 10.2. The van der Waals surface area contributed by atoms with Gasteiger partial charge >= 0.3 is 11.7 Å². The summed E-state index contributed by atoms with van der Waals surface area (Å²) in [5.74, 6) is 1.09. The summed E-state index contributed by atoms with van der Waals surface area (Å²) in [5.41, 5.74) is 3.00. The third-order valence-corrected chi connectivity index (χ3v) is 3.75. The summed E-state index contributed by atoms with van der Waals surface area (Å²) < 4.78 is 10.4. The highest BCUT2D eigenvalue weighted by molar-refractivity contribution is 6.01. The standard InChI is InChI=1S/C17H18N4O4/c1-9-6-12-13(21-17(23)20-12)8-11(9)19-16(22)18-10-4-5-14(24-2)15(7-10)25-3/h4-8H,1-3H3,(H2,18,19,22)(H2,20,21,23). The van der Waals surface area contributed by atoms with Crippen molar-refractivity contribution in [3.63, 3.8) is 0 Å². The van der Waals surface area contributed by atoms with Crippen molar-refractivity contribution in [3.05, 3.63) is 46.4 Å². The Labute approximate surface area is 143 Å². The first-order valence-corrected chi connectivity index (χ1v) is 7.53. The van der Waals surface area contributed by atoms with Gasteiger partial charge in [-0.3, -0.25) is 0 Å². The Morgan fingerprint density at radius 2 is 1.64 bits per heavy atom. The number of carbonyl (C=O) groups excluding carboxylic acids is 1. The van der Waals surface area contributed by atoms with Crippen LogP contribution in [0.25, 0.3) is 11.0 Å². The number of aromatic amines is 2. The van der Waals surface area contributed by atoms with E-state index in [0.29, 0.717) is 33.9 Å². The van der Waals surface area contributed by atoms with Crippen molar-refractivity contribution in [2.75, 3.05) is 24.9 Å². The number of benzene rings is 2. The number of ether oxygens (including phenoxy) is 2. The molecule has 0 fully saturated rings. The van der Waals surface area contributed by atoms with Crippen molar-refractivity contribution in [1.29, 1.82) is 0 Å². The maximum absolute atomic E-state index is 12.3. The Bertz CT molecular complexity index is 990. The molecular formula is C17H18N4O4. The van der Waals surface area contributed by atoms with E-state index in [1.807, 2.05) is 6.92 Å². The van der Waals surface area contributed by atoms with E-state index in [4.69, 9.17) is 9.47 Å². The fourth-order valence-electron chi connectivity index (χ4n) is 2.52. The first-order chi connectivity index (χ1) is 12.0. The van der Waals surface area contributed by atoms with Crippen LogP contribution in [-0.2, 0) is 0 Å². The average molecular weight is 342 g/mol. The molecule has 0 aliphatic rings. The van der Waals surface area contributed by atoms with Crippen LogP contribution in [0, 0.1) is 6.92 Å². The summed E-state index contributed by atoms with van der Waals surface area (Å²) in [5, 5.41) is 5.50. The van der Waals surface area contributed by atoms with Gasteiger partial charge in [0.25, 0.3) is 0 Å². The van der Waals surface area contributed by atoms with Gasteiger partial charge in [-0.1, -0.05) is 0 Å². The number of aromatic nitrogens is 2. The van der Waals surface area contributed by atoms with Gasteiger partial charge in [-0.25, -0.2) is 9.59 Å². The van der Waals surface area contributed by atoms with Gasteiger partial charge in [-0.15, -0.1) is 0 Å². The SMILES string of the molecule is COc1ccc(NC(=O)Nc2cc3[nH]c(=O)[nH]c3cc2C)cc1OC. The summed E-state index contributed by atoms with van der Waals surface area (Å²) in [7, 11) is 3.07. The third kappa shape index (κ3) is 3.42. The summed E-state index contributed by atoms with van der Waals surface area (Å²) in [6, 6.07) is 8.16. The van der Waals surface area contributed by atoms with E-state index >= 15 is 0 Å². The molecule has 0 spiro atoms. The van der Waals surface area contributed by atoms with Gasteiger partial charge in [0.2, 0.25) is 0 Å². The number of anilines is 2. The minimum atomic E-state index is -0.410. The summed E-state index contributed by atoms with van der Waals surface area (Å²) in [6.45, 7) is 1.84. The number of H-pyrrole nitrogens is 2. The number of urea groups is 1. The molecule has 0 aliphatic carbocycles. The van der Waals surface area contributed by atoms with Crippen LogP contribution in [0.1, 0.15) is 5.56 Å². The maximum Gasteiger partial charge on any atom is 0.323 e. The van der Waals surface area contributed by atoms with Crippen LogP contribution < -0.4 is 25.8 Å². The van der Waals surface area contributed by atoms with Crippen molar-refractivity contribution in [2.45, 2.75) is 6.92 Å². The molecule has 0 bridgehead atoms. The highest BCUT2D eigenvalue weighted by atomic mass is 16.5. The van der Waals surface area contributed by atoms with Crippen LogP contribution in [0.3, 0.4) is 0 Å². The van der Waals surface area contributed by atoms with E-state index in [-0.39, 0.29) is 5.69 Å². The molecule has 0 saturated heterocycles. The van der Waals surface area contributed by atoms with Gasteiger partial charge < -0.3 is 30.1 Å². The number of imidazole rings is 1. The second kappa shape index (κ2) is 6.60. The lowest BCUT2D eigenvalue weighted by Gasteiger charge is -2.12. The van der Waals surface area contributed by atoms with Crippen molar-refractivity contribution < 1.29 is 14.3 Å². The second-order valence-corrected chi connectivity index (χ2v) is 5.44. The number of amides is 2. The zero-order chi connectivity index (χ0) is 18.0. The molecule has 1 heterocycles. The summed E-state index contributed by atoms with van der Waals surface area (Å²) >= 11 is 0. The first kappa shape index (κ1) is 16.4. The van der Waals surface area contributed by atoms with Crippen molar-refractivity contribution in [1.82, 2.24) is 9.97 Å². The smallest absolute Gasteiger partial charge is 0.323 e. The Balaban J connectivity index is 1.78. The van der Waals surface area contributed by atoms with Gasteiger partial charge in [0, 0.05) is 17.4 Å². The summed E-state index contributed by atoms with van der Waals surface area (Å²) in [6.07, 6.45) is 0. The quantitative estimate of drug-likeness (QED) is 0.584. The monoisotopic (exact) mass is 342 g/mol. The van der Waals surface area contributed by atoms with Crippen LogP contribution >= 0.6 is 0 Å². The van der Waals surface area contributed by atoms with Gasteiger partial charge in [-0.05, 0) is 36.8 Å². The molecule has 0 unspecified atom stereocenters. The Hall–Kier alpha value is -3.42. The Kier molecular flexibility index (Phi) is 4.34. The largest absolute Gasteiger partial charge is 0.493 e. The number of carbonyl (C=O) groups is 1. The van der Waals surface area contributed by atoms with Crippen LogP contribution in [0.5, 0.6) is 11.5 Å². The Morgan fingerprint density at radius 3 is 2.32 bits per heavy atom. The highest BCUT2D eigenvalue weighted by Gasteiger charge is 2.10. The lowest BCUT2D eigenvalue weighted by Crippen LogP contribution is -2.20. The topological polar surface area (TPSA) is 108 Å². The van der Waals surface area contributed by atoms with E-state index in [2.05, 4.69) is 20.6 Å². The van der Waals surface area contributed by atoms with E-state index < -0.39 is 6.03 Å². The van der Waals surface area contributed by atoms with E-state index in [9.17, 15) is 9.59 Å². The van der Waals surface area contributed by atoms with Gasteiger partial charge in [-0.2, -0.15) is 0 Å². The molecule has 0 atom stereocenters. The molecule has 0 saturated carbocycles. The molecule has 0 radical (unpaired) electrons. The average Bonchev–Trinajstić information content (AvgIpc) is 2.93. The molecule has 8 heteroatoms. The molecule has 130 valence electrons. The Morgan fingerprint density at radius 1 is 0.960 bits per heavy atom. The normalized spacial score (nSPS) is 10.5. The van der Waals surface area contributed by atoms with Crippen LogP contribution in [0.15, 0.2) is 35.1 Å². The van der Waals surface area contributed by atoms with Crippen molar-refractivity contribution in [2.24, 2.45) is 0 Å². The van der Waals surface area contributed by atoms with Crippen LogP contribution in [0.4, 0.5) is 16.2 Å². The fourth-order valence-corrected chi connectivity index (χ4v) is 2.52. The van der Waals surface area contributed by atoms with E-state index in [0.717, 1.165) is 5.56 Å². The minimum Gasteiger partial charge on any atom is -0.493 e. The van der Waals surface area contributed by atoms with Gasteiger partial charge in [0.15, 0.2) is 11.5 Å². The van der Waals surface area contributed by atoms with Gasteiger partial charge in [0.1, 0.15) is 0 Å². The predicted octanol–water partition coefficient (Wildman–Crippen LogP) is 2.83. The fraction of sp³-hybridized carbons (Fsp3) is 0.176. The number of methoxy groups -OCH3 is 2. The highest BCUT2D eigenvalue weighted by Crippen LogP contribution is 2.30. The van der Waals surface area contributed by atoms with E-state index in [1.165, 1.54) is 7.11 Å². The number of fused-ring (bicyclic) bond motifs is 1. The molecule has 2 amide bonds. The maximum atomic E-state index is 12.3. The third-order valence-electron chi connectivity index (χ3n) is 3.75. The zero-order valence-corrected chi connectivity index (χ0v) is 14.0.